The fourth-order valence-corrected chi connectivity index (χ4v) is 1.02. The summed E-state index contributed by atoms with van der Waals surface area (Å²) in [4.78, 5) is 0. The van der Waals surface area contributed by atoms with Crippen LogP contribution in [-0.2, 0) is 0 Å². The van der Waals surface area contributed by atoms with Crippen molar-refractivity contribution in [2.75, 3.05) is 0 Å². The normalized spacial score (nSPS) is 21.5. The van der Waals surface area contributed by atoms with Gasteiger partial charge in [-0.1, -0.05) is 6.92 Å². The molecule has 0 saturated carbocycles. The summed E-state index contributed by atoms with van der Waals surface area (Å²) >= 11 is 0. The van der Waals surface area contributed by atoms with Gasteiger partial charge >= 0.3 is 0 Å². The molecule has 0 aliphatic heterocycles. The molecule has 0 amide bonds. The van der Waals surface area contributed by atoms with Gasteiger partial charge in [-0.25, -0.2) is 0 Å². The molecule has 0 saturated heterocycles. The highest BCUT2D eigenvalue weighted by atomic mass is 16.3. The van der Waals surface area contributed by atoms with Crippen LogP contribution in [0.5, 0.6) is 0 Å². The number of aliphatic hydroxyl groups excluding tert-OH is 2. The second-order valence-corrected chi connectivity index (χ2v) is 3.46. The van der Waals surface area contributed by atoms with Crippen molar-refractivity contribution in [3.63, 3.8) is 0 Å². The van der Waals surface area contributed by atoms with Crippen molar-refractivity contribution in [1.82, 2.24) is 5.32 Å². The molecule has 12 heavy (non-hydrogen) atoms. The van der Waals surface area contributed by atoms with Crippen LogP contribution < -0.4 is 5.32 Å². The standard InChI is InChI=1S/C9H21NO2/c1-5-9(12)7(3)10-6(2)8(4)11/h6-12H,5H2,1-4H3. The van der Waals surface area contributed by atoms with E-state index in [1.54, 1.807) is 6.92 Å². The first-order valence-electron chi connectivity index (χ1n) is 4.61. The van der Waals surface area contributed by atoms with Gasteiger partial charge in [0.05, 0.1) is 12.2 Å². The van der Waals surface area contributed by atoms with Gasteiger partial charge in [-0.15, -0.1) is 0 Å². The summed E-state index contributed by atoms with van der Waals surface area (Å²) in [5, 5.41) is 21.7. The first kappa shape index (κ1) is 11.9. The van der Waals surface area contributed by atoms with E-state index in [4.69, 9.17) is 0 Å². The highest BCUT2D eigenvalue weighted by Gasteiger charge is 2.16. The summed E-state index contributed by atoms with van der Waals surface area (Å²) in [5.74, 6) is 0. The minimum Gasteiger partial charge on any atom is -0.392 e. The average molecular weight is 175 g/mol. The van der Waals surface area contributed by atoms with Crippen LogP contribution in [0.4, 0.5) is 0 Å². The van der Waals surface area contributed by atoms with Crippen LogP contribution in [0.2, 0.25) is 0 Å². The molecule has 3 nitrogen and oxygen atoms in total. The van der Waals surface area contributed by atoms with Crippen LogP contribution in [0.3, 0.4) is 0 Å². The number of nitrogens with one attached hydrogen (secondary N) is 1. The van der Waals surface area contributed by atoms with Crippen molar-refractivity contribution in [2.24, 2.45) is 0 Å². The molecular formula is C9H21NO2. The Kier molecular flexibility index (Phi) is 5.46. The first-order valence-corrected chi connectivity index (χ1v) is 4.61. The van der Waals surface area contributed by atoms with Crippen LogP contribution in [0.25, 0.3) is 0 Å². The number of rotatable bonds is 5. The topological polar surface area (TPSA) is 52.5 Å². The van der Waals surface area contributed by atoms with E-state index >= 15 is 0 Å². The van der Waals surface area contributed by atoms with Crippen molar-refractivity contribution in [3.05, 3.63) is 0 Å². The molecule has 0 aromatic heterocycles. The van der Waals surface area contributed by atoms with Crippen LogP contribution in [-0.4, -0.2) is 34.5 Å². The van der Waals surface area contributed by atoms with E-state index < -0.39 is 0 Å². The smallest absolute Gasteiger partial charge is 0.0687 e. The third-order valence-corrected chi connectivity index (χ3v) is 2.24. The van der Waals surface area contributed by atoms with E-state index in [9.17, 15) is 10.2 Å². The van der Waals surface area contributed by atoms with Gasteiger partial charge in [0.25, 0.3) is 0 Å². The molecule has 74 valence electrons. The van der Waals surface area contributed by atoms with Crippen LogP contribution in [0, 0.1) is 0 Å². The molecule has 0 rings (SSSR count). The molecule has 3 heteroatoms. The molecule has 4 atom stereocenters. The van der Waals surface area contributed by atoms with Crippen LogP contribution in [0.15, 0.2) is 0 Å². The average Bonchev–Trinajstić information content (AvgIpc) is 2.02. The van der Waals surface area contributed by atoms with Gasteiger partial charge in [0.1, 0.15) is 0 Å². The summed E-state index contributed by atoms with van der Waals surface area (Å²) in [6.45, 7) is 7.51. The lowest BCUT2D eigenvalue weighted by atomic mass is 10.1. The van der Waals surface area contributed by atoms with Crippen LogP contribution in [0.1, 0.15) is 34.1 Å². The van der Waals surface area contributed by atoms with Gasteiger partial charge in [-0.2, -0.15) is 0 Å². The number of hydrogen-bond donors (Lipinski definition) is 3. The van der Waals surface area contributed by atoms with E-state index in [0.717, 1.165) is 6.42 Å². The molecule has 0 aliphatic rings. The van der Waals surface area contributed by atoms with Gasteiger partial charge in [0.15, 0.2) is 0 Å². The van der Waals surface area contributed by atoms with E-state index in [2.05, 4.69) is 5.32 Å². The lowest BCUT2D eigenvalue weighted by molar-refractivity contribution is 0.0973. The largest absolute Gasteiger partial charge is 0.392 e. The van der Waals surface area contributed by atoms with E-state index in [1.807, 2.05) is 20.8 Å². The summed E-state index contributed by atoms with van der Waals surface area (Å²) in [6, 6.07) is 0.0702. The minimum atomic E-state index is -0.378. The monoisotopic (exact) mass is 175 g/mol. The predicted octanol–water partition coefficient (Wildman–Crippen LogP) is 0.505. The van der Waals surface area contributed by atoms with E-state index in [-0.39, 0.29) is 24.3 Å². The Morgan fingerprint density at radius 2 is 1.58 bits per heavy atom. The predicted molar refractivity (Wildman–Crippen MR) is 50.0 cm³/mol. The highest BCUT2D eigenvalue weighted by Crippen LogP contribution is 2.00. The molecule has 3 N–H and O–H groups in total. The molecule has 4 unspecified atom stereocenters. The number of aliphatic hydroxyl groups is 2. The van der Waals surface area contributed by atoms with Crippen LogP contribution >= 0.6 is 0 Å². The van der Waals surface area contributed by atoms with E-state index in [1.165, 1.54) is 0 Å². The van der Waals surface area contributed by atoms with Crippen molar-refractivity contribution in [2.45, 2.75) is 58.4 Å². The molecule has 0 aromatic carbocycles. The van der Waals surface area contributed by atoms with Gasteiger partial charge < -0.3 is 15.5 Å². The zero-order valence-electron chi connectivity index (χ0n) is 8.41. The molecule has 0 radical (unpaired) electrons. The fraction of sp³-hybridized carbons (Fsp3) is 1.00. The van der Waals surface area contributed by atoms with E-state index in [0.29, 0.717) is 0 Å². The van der Waals surface area contributed by atoms with Gasteiger partial charge in [-0.05, 0) is 27.2 Å². The Hall–Kier alpha value is -0.120. The van der Waals surface area contributed by atoms with Gasteiger partial charge in [-0.3, -0.25) is 0 Å². The van der Waals surface area contributed by atoms with Gasteiger partial charge in [0.2, 0.25) is 0 Å². The van der Waals surface area contributed by atoms with Crippen molar-refractivity contribution in [1.29, 1.82) is 0 Å². The molecular weight excluding hydrogens is 154 g/mol. The summed E-state index contributed by atoms with van der Waals surface area (Å²) < 4.78 is 0. The quantitative estimate of drug-likeness (QED) is 0.570. The molecule has 0 bridgehead atoms. The molecule has 0 heterocycles. The third-order valence-electron chi connectivity index (χ3n) is 2.24. The molecule has 0 fully saturated rings. The Labute approximate surface area is 74.8 Å². The number of hydrogen-bond acceptors (Lipinski definition) is 3. The Morgan fingerprint density at radius 3 is 1.92 bits per heavy atom. The molecule has 0 spiro atoms. The lowest BCUT2D eigenvalue weighted by Crippen LogP contribution is -2.46. The Morgan fingerprint density at radius 1 is 1.08 bits per heavy atom. The summed E-state index contributed by atoms with van der Waals surface area (Å²) in [5.41, 5.74) is 0. The zero-order chi connectivity index (χ0) is 9.72. The third kappa shape index (κ3) is 4.04. The van der Waals surface area contributed by atoms with Crippen molar-refractivity contribution in [3.8, 4) is 0 Å². The molecule has 0 aliphatic carbocycles. The zero-order valence-corrected chi connectivity index (χ0v) is 8.41. The maximum atomic E-state index is 9.41. The maximum absolute atomic E-state index is 9.41. The Bertz CT molecular complexity index is 117. The maximum Gasteiger partial charge on any atom is 0.0687 e. The minimum absolute atomic E-state index is 0.0289. The first-order chi connectivity index (χ1) is 5.49. The van der Waals surface area contributed by atoms with Gasteiger partial charge in [0, 0.05) is 12.1 Å². The fourth-order valence-electron chi connectivity index (χ4n) is 1.02. The summed E-state index contributed by atoms with van der Waals surface area (Å²) in [6.07, 6.45) is 0.0310. The van der Waals surface area contributed by atoms with Crippen molar-refractivity contribution < 1.29 is 10.2 Å². The SMILES string of the molecule is CCC(O)C(C)NC(C)C(C)O. The Balaban J connectivity index is 3.75. The highest BCUT2D eigenvalue weighted by molar-refractivity contribution is 4.75. The summed E-state index contributed by atoms with van der Waals surface area (Å²) in [7, 11) is 0. The second kappa shape index (κ2) is 5.51. The lowest BCUT2D eigenvalue weighted by Gasteiger charge is -2.25. The second-order valence-electron chi connectivity index (χ2n) is 3.46. The van der Waals surface area contributed by atoms with Crippen molar-refractivity contribution >= 4 is 0 Å². The molecule has 0 aromatic rings.